The lowest BCUT2D eigenvalue weighted by Gasteiger charge is -2.15. The van der Waals surface area contributed by atoms with Gasteiger partial charge in [-0.1, -0.05) is 9.58 Å². The summed E-state index contributed by atoms with van der Waals surface area (Å²) in [5.74, 6) is -0.666. The summed E-state index contributed by atoms with van der Waals surface area (Å²) in [4.78, 5) is 0. The van der Waals surface area contributed by atoms with Gasteiger partial charge in [0.2, 0.25) is 5.97 Å². The molecule has 0 aromatic rings. The van der Waals surface area contributed by atoms with E-state index in [1.165, 1.54) is 7.05 Å². The normalized spacial score (nSPS) is 17.3. The zero-order valence-corrected chi connectivity index (χ0v) is 5.23. The molecule has 0 radical (unpaired) electrons. The van der Waals surface area contributed by atoms with Crippen molar-refractivity contribution in [3.05, 3.63) is 11.9 Å². The Labute approximate surface area is 56.1 Å². The number of halogens is 2. The molecule has 1 rings (SSSR count). The van der Waals surface area contributed by atoms with E-state index in [4.69, 9.17) is 0 Å². The Morgan fingerprint density at radius 1 is 1.80 bits per heavy atom. The molecule has 10 heavy (non-hydrogen) atoms. The molecule has 0 unspecified atom stereocenters. The highest BCUT2D eigenvalue weighted by atomic mass is 19.2. The van der Waals surface area contributed by atoms with Crippen LogP contribution in [0.2, 0.25) is 0 Å². The molecule has 0 bridgehead atoms. The third-order valence-corrected chi connectivity index (χ3v) is 0.929. The fraction of sp³-hybridized carbons (Fsp3) is 0.250. The summed E-state index contributed by atoms with van der Waals surface area (Å²) in [6, 6.07) is 0. The number of nitrogens with one attached hydrogen (secondary N) is 2. The van der Waals surface area contributed by atoms with E-state index in [1.54, 1.807) is 0 Å². The molecule has 0 atom stereocenters. The van der Waals surface area contributed by atoms with Crippen LogP contribution in [0.5, 0.6) is 0 Å². The predicted octanol–water partition coefficient (Wildman–Crippen LogP) is 0.0349. The van der Waals surface area contributed by atoms with Gasteiger partial charge in [-0.05, 0) is 5.34 Å². The van der Waals surface area contributed by atoms with Gasteiger partial charge in [-0.15, -0.1) is 0 Å². The first-order valence-electron chi connectivity index (χ1n) is 2.58. The third-order valence-electron chi connectivity index (χ3n) is 0.929. The first-order chi connectivity index (χ1) is 4.72. The van der Waals surface area contributed by atoms with Gasteiger partial charge in [-0.2, -0.15) is 4.39 Å². The van der Waals surface area contributed by atoms with E-state index in [-0.39, 0.29) is 11.2 Å². The highest BCUT2D eigenvalue weighted by Gasteiger charge is 2.09. The molecule has 0 aromatic carbocycles. The molecule has 1 heterocycles. The number of hydrogen-bond acceptors (Lipinski definition) is 4. The van der Waals surface area contributed by atoms with Crippen molar-refractivity contribution < 1.29 is 8.87 Å². The van der Waals surface area contributed by atoms with E-state index in [2.05, 4.69) is 15.8 Å². The van der Waals surface area contributed by atoms with Gasteiger partial charge in [-0.25, -0.2) is 5.43 Å². The number of hydrazine groups is 1. The molecule has 0 saturated heterocycles. The van der Waals surface area contributed by atoms with E-state index in [9.17, 15) is 8.87 Å². The molecule has 6 heteroatoms. The maximum absolute atomic E-state index is 12.2. The molecule has 0 aliphatic carbocycles. The van der Waals surface area contributed by atoms with Crippen LogP contribution in [-0.4, -0.2) is 18.4 Å². The SMILES string of the molecule is CNC1=CC(F)=NN(F)N1. The van der Waals surface area contributed by atoms with Crippen molar-refractivity contribution in [3.8, 4) is 0 Å². The Balaban J connectivity index is 2.70. The van der Waals surface area contributed by atoms with Crippen LogP contribution < -0.4 is 10.7 Å². The lowest BCUT2D eigenvalue weighted by atomic mass is 10.5. The van der Waals surface area contributed by atoms with Gasteiger partial charge in [0.25, 0.3) is 0 Å². The summed E-state index contributed by atoms with van der Waals surface area (Å²) >= 11 is 0. The van der Waals surface area contributed by atoms with Crippen molar-refractivity contribution in [2.75, 3.05) is 7.05 Å². The first kappa shape index (κ1) is 6.79. The van der Waals surface area contributed by atoms with E-state index < -0.39 is 5.97 Å². The molecule has 2 N–H and O–H groups in total. The quantitative estimate of drug-likeness (QED) is 0.515. The summed E-state index contributed by atoms with van der Waals surface area (Å²) < 4.78 is 24.3. The van der Waals surface area contributed by atoms with Crippen LogP contribution in [0.15, 0.2) is 17.0 Å². The zero-order chi connectivity index (χ0) is 7.56. The molecule has 56 valence electrons. The average molecular weight is 148 g/mol. The summed E-state index contributed by atoms with van der Waals surface area (Å²) in [5, 5.41) is 5.08. The van der Waals surface area contributed by atoms with Gasteiger partial charge < -0.3 is 5.32 Å². The lowest BCUT2D eigenvalue weighted by molar-refractivity contribution is -0.0226. The van der Waals surface area contributed by atoms with Gasteiger partial charge in [-0.3, -0.25) is 0 Å². The highest BCUT2D eigenvalue weighted by molar-refractivity contribution is 5.87. The minimum absolute atomic E-state index is 0.207. The summed E-state index contributed by atoms with van der Waals surface area (Å²) in [6.07, 6.45) is 1.04. The predicted molar refractivity (Wildman–Crippen MR) is 31.8 cm³/mol. The van der Waals surface area contributed by atoms with Crippen molar-refractivity contribution in [1.29, 1.82) is 0 Å². The smallest absolute Gasteiger partial charge is 0.239 e. The van der Waals surface area contributed by atoms with Gasteiger partial charge in [0, 0.05) is 13.1 Å². The van der Waals surface area contributed by atoms with Crippen molar-refractivity contribution in [1.82, 2.24) is 16.1 Å². The second-order valence-electron chi connectivity index (χ2n) is 1.60. The van der Waals surface area contributed by atoms with Crippen molar-refractivity contribution in [2.45, 2.75) is 0 Å². The fourth-order valence-electron chi connectivity index (χ4n) is 0.517. The van der Waals surface area contributed by atoms with E-state index >= 15 is 0 Å². The maximum Gasteiger partial charge on any atom is 0.239 e. The summed E-state index contributed by atoms with van der Waals surface area (Å²) in [6.45, 7) is 0. The largest absolute Gasteiger partial charge is 0.373 e. The minimum atomic E-state index is -0.884. The first-order valence-corrected chi connectivity index (χ1v) is 2.58. The molecular formula is C4H6F2N4. The summed E-state index contributed by atoms with van der Waals surface area (Å²) in [5.41, 5.74) is 2.09. The number of nitrogens with zero attached hydrogens (tertiary/aromatic N) is 2. The molecule has 0 aromatic heterocycles. The fourth-order valence-corrected chi connectivity index (χ4v) is 0.517. The molecule has 1 aliphatic heterocycles. The van der Waals surface area contributed by atoms with Gasteiger partial charge in [0.05, 0.1) is 0 Å². The Morgan fingerprint density at radius 2 is 2.50 bits per heavy atom. The zero-order valence-electron chi connectivity index (χ0n) is 5.23. The van der Waals surface area contributed by atoms with E-state index in [0.29, 0.717) is 0 Å². The van der Waals surface area contributed by atoms with Crippen molar-refractivity contribution in [2.24, 2.45) is 5.10 Å². The Bertz CT molecular complexity index is 188. The minimum Gasteiger partial charge on any atom is -0.373 e. The molecule has 0 saturated carbocycles. The standard InChI is InChI=1S/C4H6F2N4/c1-7-4-2-3(5)8-10(6)9-4/h2,7,9H,1H3. The van der Waals surface area contributed by atoms with Crippen LogP contribution in [-0.2, 0) is 0 Å². The van der Waals surface area contributed by atoms with Crippen LogP contribution in [0.4, 0.5) is 8.87 Å². The van der Waals surface area contributed by atoms with Crippen LogP contribution in [0, 0.1) is 0 Å². The maximum atomic E-state index is 12.2. The highest BCUT2D eigenvalue weighted by Crippen LogP contribution is 1.99. The molecule has 0 fully saturated rings. The third kappa shape index (κ3) is 1.34. The van der Waals surface area contributed by atoms with Gasteiger partial charge >= 0.3 is 0 Å². The van der Waals surface area contributed by atoms with Crippen molar-refractivity contribution >= 4 is 5.97 Å². The number of hydrazone groups is 1. The molecule has 0 amide bonds. The van der Waals surface area contributed by atoms with E-state index in [0.717, 1.165) is 6.08 Å². The van der Waals surface area contributed by atoms with Crippen LogP contribution in [0.25, 0.3) is 0 Å². The summed E-state index contributed by atoms with van der Waals surface area (Å²) in [7, 11) is 1.53. The van der Waals surface area contributed by atoms with Gasteiger partial charge in [0.15, 0.2) is 0 Å². The second kappa shape index (κ2) is 2.51. The van der Waals surface area contributed by atoms with Gasteiger partial charge in [0.1, 0.15) is 5.82 Å². The van der Waals surface area contributed by atoms with E-state index in [1.807, 2.05) is 0 Å². The van der Waals surface area contributed by atoms with Crippen LogP contribution in [0.3, 0.4) is 0 Å². The number of hydrogen-bond donors (Lipinski definition) is 2. The Morgan fingerprint density at radius 3 is 3.00 bits per heavy atom. The topological polar surface area (TPSA) is 39.7 Å². The molecule has 4 nitrogen and oxygen atoms in total. The number of rotatable bonds is 1. The Kier molecular flexibility index (Phi) is 1.70. The molecule has 1 aliphatic rings. The van der Waals surface area contributed by atoms with Crippen LogP contribution >= 0.6 is 0 Å². The second-order valence-corrected chi connectivity index (χ2v) is 1.60. The lowest BCUT2D eigenvalue weighted by Crippen LogP contribution is -2.35. The number of allylic oxidation sites excluding steroid dienone is 1. The average Bonchev–Trinajstić information content (AvgIpc) is 1.85. The van der Waals surface area contributed by atoms with Crippen LogP contribution in [0.1, 0.15) is 0 Å². The molecule has 0 spiro atoms. The monoisotopic (exact) mass is 148 g/mol. The Hall–Kier alpha value is -1.33. The molecular weight excluding hydrogens is 142 g/mol. The van der Waals surface area contributed by atoms with Crippen molar-refractivity contribution in [3.63, 3.8) is 0 Å².